The number of thiazole rings is 1. The number of carbonyl (C=O) groups excluding carboxylic acids is 4. The van der Waals surface area contributed by atoms with Crippen LogP contribution in [0.5, 0.6) is 0 Å². The van der Waals surface area contributed by atoms with Gasteiger partial charge in [-0.05, 0) is 77.3 Å². The molecule has 0 bridgehead atoms. The zero-order valence-corrected chi connectivity index (χ0v) is 35.0. The third kappa shape index (κ3) is 12.0. The number of likely N-dealkylation sites (N-methyl/N-ethyl adjacent to an activating group) is 1. The van der Waals surface area contributed by atoms with Gasteiger partial charge in [-0.2, -0.15) is 0 Å². The van der Waals surface area contributed by atoms with Crippen molar-refractivity contribution in [1.82, 2.24) is 41.0 Å². The smallest absolute Gasteiger partial charge is 0.252 e. The molecule has 2 aliphatic heterocycles. The Morgan fingerprint density at radius 1 is 0.947 bits per heavy atom. The highest BCUT2D eigenvalue weighted by molar-refractivity contribution is 7.13. The first-order valence-electron chi connectivity index (χ1n) is 20.3. The van der Waals surface area contributed by atoms with Gasteiger partial charge in [-0.25, -0.2) is 9.97 Å². The average molecular weight is 804 g/mol. The second-order valence-corrected chi connectivity index (χ2v) is 16.6. The Balaban J connectivity index is 0.977. The van der Waals surface area contributed by atoms with Crippen LogP contribution in [0.2, 0.25) is 0 Å². The summed E-state index contributed by atoms with van der Waals surface area (Å²) in [5.74, 6) is -0.0342. The van der Waals surface area contributed by atoms with E-state index >= 15 is 0 Å². The number of hydrogen-bond acceptors (Lipinski definition) is 11. The van der Waals surface area contributed by atoms with Crippen LogP contribution in [0.15, 0.2) is 48.1 Å². The van der Waals surface area contributed by atoms with Crippen molar-refractivity contribution in [2.24, 2.45) is 5.41 Å². The third-order valence-corrected chi connectivity index (χ3v) is 12.3. The van der Waals surface area contributed by atoms with Crippen LogP contribution in [0.4, 0.5) is 5.82 Å². The minimum Gasteiger partial charge on any atom is -0.391 e. The van der Waals surface area contributed by atoms with E-state index < -0.39 is 23.6 Å². The normalized spacial score (nSPS) is 18.0. The molecule has 1 aromatic carbocycles. The van der Waals surface area contributed by atoms with Crippen molar-refractivity contribution in [3.63, 3.8) is 0 Å². The molecular formula is C42H61N9O5S. The molecule has 15 heteroatoms. The first-order chi connectivity index (χ1) is 27.4. The molecule has 3 aromatic rings. The van der Waals surface area contributed by atoms with E-state index in [-0.39, 0.29) is 36.6 Å². The van der Waals surface area contributed by atoms with E-state index in [0.29, 0.717) is 37.9 Å². The fourth-order valence-corrected chi connectivity index (χ4v) is 8.07. The van der Waals surface area contributed by atoms with E-state index in [9.17, 15) is 24.3 Å². The summed E-state index contributed by atoms with van der Waals surface area (Å²) in [6.07, 6.45) is 4.02. The number of aromatic nitrogens is 2. The standard InChI is InChI=1S/C42H61N9O5S/c1-29-38(57-28-47-29)32-12-10-31(11-13-32)16-18-45-40(55)35-25-34(52)27-51(35)41(56)42(3,4)30(2)48-37(53)9-7-6-8-17-44-39(54)33-14-15-36(46-26-33)50-23-21-49(22-24-50)20-19-43-5/h10-15,26,28,30,34-35,43,52H,6-9,16-25,27H2,1-5H3,(H,44,54)(H,45,55)(H,48,53)/t30-,34+,35-/m0/s1. The van der Waals surface area contributed by atoms with Crippen LogP contribution in [0.1, 0.15) is 74.5 Å². The number of aliphatic hydroxyl groups is 1. The summed E-state index contributed by atoms with van der Waals surface area (Å²) in [6, 6.07) is 10.6. The number of β-amino-alcohol motifs (C(OH)–C–C–N with tert-alkyl or cyclic N) is 1. The molecule has 2 saturated heterocycles. The number of amides is 4. The van der Waals surface area contributed by atoms with Gasteiger partial charge in [0.25, 0.3) is 5.91 Å². The lowest BCUT2D eigenvalue weighted by atomic mass is 9.83. The van der Waals surface area contributed by atoms with Crippen LogP contribution < -0.4 is 26.2 Å². The number of carbonyl (C=O) groups is 4. The molecule has 0 spiro atoms. The van der Waals surface area contributed by atoms with Crippen molar-refractivity contribution >= 4 is 40.8 Å². The van der Waals surface area contributed by atoms with E-state index in [2.05, 4.69) is 53.2 Å². The number of nitrogens with zero attached hydrogens (tertiary/aromatic N) is 5. The Labute approximate surface area is 341 Å². The van der Waals surface area contributed by atoms with Gasteiger partial charge in [0.1, 0.15) is 11.9 Å². The van der Waals surface area contributed by atoms with Crippen molar-refractivity contribution in [2.45, 2.75) is 84.4 Å². The molecule has 310 valence electrons. The van der Waals surface area contributed by atoms with Gasteiger partial charge >= 0.3 is 0 Å². The van der Waals surface area contributed by atoms with Gasteiger partial charge in [-0.15, -0.1) is 11.3 Å². The zero-order chi connectivity index (χ0) is 41.0. The minimum atomic E-state index is -1.02. The van der Waals surface area contributed by atoms with Crippen molar-refractivity contribution in [3.8, 4) is 10.4 Å². The lowest BCUT2D eigenvalue weighted by Gasteiger charge is -2.36. The molecular weight excluding hydrogens is 743 g/mol. The molecule has 0 saturated carbocycles. The maximum absolute atomic E-state index is 13.9. The Bertz CT molecular complexity index is 1780. The molecule has 2 aliphatic rings. The number of benzene rings is 1. The first kappa shape index (κ1) is 43.7. The van der Waals surface area contributed by atoms with Crippen LogP contribution in [0.25, 0.3) is 10.4 Å². The number of anilines is 1. The number of aryl methyl sites for hydroxylation is 1. The number of aliphatic hydroxyl groups excluding tert-OH is 1. The predicted octanol–water partition coefficient (Wildman–Crippen LogP) is 3.00. The fraction of sp³-hybridized carbons (Fsp3) is 0.571. The van der Waals surface area contributed by atoms with E-state index in [0.717, 1.165) is 79.6 Å². The number of piperazine rings is 1. The van der Waals surface area contributed by atoms with Gasteiger partial charge in [0, 0.05) is 84.0 Å². The summed E-state index contributed by atoms with van der Waals surface area (Å²) in [4.78, 5) is 68.9. The summed E-state index contributed by atoms with van der Waals surface area (Å²) >= 11 is 1.61. The highest BCUT2D eigenvalue weighted by atomic mass is 32.1. The lowest BCUT2D eigenvalue weighted by Crippen LogP contribution is -2.55. The SMILES string of the molecule is CNCCN1CCN(c2ccc(C(=O)NCCCCCC(=O)N[C@@H](C)C(C)(C)C(=O)N3C[C@H](O)C[C@H]3C(=O)NCCc3ccc(-c4scnc4C)cc3)cn2)CC1. The van der Waals surface area contributed by atoms with Gasteiger partial charge in [0.05, 0.1) is 33.2 Å². The molecule has 4 heterocycles. The number of rotatable bonds is 19. The highest BCUT2D eigenvalue weighted by Crippen LogP contribution is 2.30. The summed E-state index contributed by atoms with van der Waals surface area (Å²) in [5, 5.41) is 22.6. The second kappa shape index (κ2) is 20.8. The molecule has 3 atom stereocenters. The Morgan fingerprint density at radius 3 is 2.37 bits per heavy atom. The molecule has 5 rings (SSSR count). The first-order valence-corrected chi connectivity index (χ1v) is 21.2. The van der Waals surface area contributed by atoms with Crippen LogP contribution in [0.3, 0.4) is 0 Å². The van der Waals surface area contributed by atoms with Gasteiger partial charge in [-0.3, -0.25) is 24.1 Å². The molecule has 57 heavy (non-hydrogen) atoms. The number of hydrogen-bond donors (Lipinski definition) is 5. The van der Waals surface area contributed by atoms with Crippen LogP contribution in [-0.4, -0.2) is 133 Å². The minimum absolute atomic E-state index is 0.0625. The number of likely N-dealkylation sites (tertiary alicyclic amines) is 1. The summed E-state index contributed by atoms with van der Waals surface area (Å²) < 4.78 is 0. The molecule has 14 nitrogen and oxygen atoms in total. The fourth-order valence-electron chi connectivity index (χ4n) is 7.26. The van der Waals surface area contributed by atoms with E-state index in [1.54, 1.807) is 38.3 Å². The average Bonchev–Trinajstić information content (AvgIpc) is 3.83. The molecule has 0 unspecified atom stereocenters. The number of nitrogens with one attached hydrogen (secondary N) is 4. The molecule has 2 fully saturated rings. The molecule has 4 amide bonds. The predicted molar refractivity (Wildman–Crippen MR) is 224 cm³/mol. The summed E-state index contributed by atoms with van der Waals surface area (Å²) in [6.45, 7) is 14.1. The van der Waals surface area contributed by atoms with Crippen molar-refractivity contribution in [2.75, 3.05) is 70.9 Å². The van der Waals surface area contributed by atoms with Gasteiger partial charge in [0.15, 0.2) is 0 Å². The molecule has 0 aliphatic carbocycles. The van der Waals surface area contributed by atoms with E-state index in [1.165, 1.54) is 4.90 Å². The molecule has 5 N–H and O–H groups in total. The maximum atomic E-state index is 13.9. The van der Waals surface area contributed by atoms with Gasteiger partial charge in [-0.1, -0.05) is 30.7 Å². The lowest BCUT2D eigenvalue weighted by molar-refractivity contribution is -0.147. The number of unbranched alkanes of at least 4 members (excludes halogenated alkanes) is 2. The monoisotopic (exact) mass is 803 g/mol. The Kier molecular flexibility index (Phi) is 16.0. The van der Waals surface area contributed by atoms with E-state index in [1.807, 2.05) is 43.7 Å². The van der Waals surface area contributed by atoms with Crippen molar-refractivity contribution in [3.05, 3.63) is 64.9 Å². The topological polar surface area (TPSA) is 172 Å². The summed E-state index contributed by atoms with van der Waals surface area (Å²) in [5.41, 5.74) is 4.53. The highest BCUT2D eigenvalue weighted by Gasteiger charge is 2.46. The van der Waals surface area contributed by atoms with Crippen molar-refractivity contribution in [1.29, 1.82) is 0 Å². The Hall–Kier alpha value is -4.44. The van der Waals surface area contributed by atoms with Gasteiger partial charge < -0.3 is 36.2 Å². The van der Waals surface area contributed by atoms with E-state index in [4.69, 9.17) is 0 Å². The maximum Gasteiger partial charge on any atom is 0.252 e. The van der Waals surface area contributed by atoms with Crippen LogP contribution in [-0.2, 0) is 20.8 Å². The van der Waals surface area contributed by atoms with Gasteiger partial charge in [0.2, 0.25) is 17.7 Å². The zero-order valence-electron chi connectivity index (χ0n) is 34.2. The Morgan fingerprint density at radius 2 is 1.70 bits per heavy atom. The number of pyridine rings is 1. The molecule has 0 radical (unpaired) electrons. The largest absolute Gasteiger partial charge is 0.391 e. The quantitative estimate of drug-likeness (QED) is 0.114. The summed E-state index contributed by atoms with van der Waals surface area (Å²) in [7, 11) is 1.97. The van der Waals surface area contributed by atoms with Crippen LogP contribution in [0, 0.1) is 12.3 Å². The van der Waals surface area contributed by atoms with Crippen molar-refractivity contribution < 1.29 is 24.3 Å². The van der Waals surface area contributed by atoms with Crippen LogP contribution >= 0.6 is 11.3 Å². The third-order valence-electron chi connectivity index (χ3n) is 11.3. The second-order valence-electron chi connectivity index (χ2n) is 15.8. The molecule has 2 aromatic heterocycles.